The summed E-state index contributed by atoms with van der Waals surface area (Å²) >= 11 is 0. The molecule has 3 aromatic rings. The lowest BCUT2D eigenvalue weighted by Gasteiger charge is -2.35. The molecule has 2 heterocycles. The van der Waals surface area contributed by atoms with E-state index in [1.807, 2.05) is 55.9 Å². The highest BCUT2D eigenvalue weighted by Gasteiger charge is 2.36. The number of carbonyl (C=O) groups excluding carboxylic acids is 2. The molecular formula is C30H37N3O4. The van der Waals surface area contributed by atoms with Gasteiger partial charge in [0.25, 0.3) is 5.91 Å². The van der Waals surface area contributed by atoms with Gasteiger partial charge in [-0.05, 0) is 37.0 Å². The minimum absolute atomic E-state index is 0.0594. The third-order valence-corrected chi connectivity index (χ3v) is 7.98. The monoisotopic (exact) mass is 503 g/mol. The molecule has 0 spiro atoms. The zero-order chi connectivity index (χ0) is 26.3. The van der Waals surface area contributed by atoms with Crippen molar-refractivity contribution in [2.24, 2.45) is 18.9 Å². The van der Waals surface area contributed by atoms with E-state index in [2.05, 4.69) is 25.1 Å². The number of hydrogen-bond acceptors (Lipinski definition) is 4. The van der Waals surface area contributed by atoms with Crippen molar-refractivity contribution in [3.63, 3.8) is 0 Å². The van der Waals surface area contributed by atoms with Gasteiger partial charge in [0.2, 0.25) is 5.91 Å². The average Bonchev–Trinajstić information content (AvgIpc) is 3.72. The first-order valence-electron chi connectivity index (χ1n) is 13.3. The van der Waals surface area contributed by atoms with Crippen LogP contribution in [0.4, 0.5) is 0 Å². The number of aliphatic hydroxyl groups is 1. The van der Waals surface area contributed by atoms with Gasteiger partial charge in [0.15, 0.2) is 0 Å². The molecule has 196 valence electrons. The molecular weight excluding hydrogens is 466 g/mol. The Morgan fingerprint density at radius 3 is 2.59 bits per heavy atom. The number of nitrogens with zero attached hydrogens (tertiary/aromatic N) is 3. The number of fused-ring (bicyclic) bond motifs is 5. The summed E-state index contributed by atoms with van der Waals surface area (Å²) in [5.41, 5.74) is 4.46. The van der Waals surface area contributed by atoms with Gasteiger partial charge in [-0.1, -0.05) is 49.4 Å². The zero-order valence-corrected chi connectivity index (χ0v) is 22.2. The van der Waals surface area contributed by atoms with Crippen molar-refractivity contribution in [3.05, 3.63) is 59.8 Å². The maximum atomic E-state index is 14.3. The van der Waals surface area contributed by atoms with Crippen LogP contribution < -0.4 is 0 Å². The van der Waals surface area contributed by atoms with Gasteiger partial charge in [-0.2, -0.15) is 0 Å². The smallest absolute Gasteiger partial charge is 0.271 e. The number of carbonyl (C=O) groups is 2. The van der Waals surface area contributed by atoms with E-state index in [-0.39, 0.29) is 42.4 Å². The standard InChI is InChI=1S/C30H37N3O4/c1-19-15-33(20(2)17-34)30(36)28-27(24-11-7-8-12-25(24)32(28)4)23-10-6-5-9-22(23)18-37-26(19)16-31(3)29(35)21-13-14-21/h5-12,19-21,26,34H,13-18H2,1-4H3/t19-,20+,26+/m0/s1. The van der Waals surface area contributed by atoms with Gasteiger partial charge in [-0.3, -0.25) is 9.59 Å². The van der Waals surface area contributed by atoms with Crippen molar-refractivity contribution in [1.82, 2.24) is 14.4 Å². The van der Waals surface area contributed by atoms with Crippen LogP contribution >= 0.6 is 0 Å². The normalized spacial score (nSPS) is 21.2. The first kappa shape index (κ1) is 25.5. The zero-order valence-electron chi connectivity index (χ0n) is 22.2. The molecule has 1 N–H and O–H groups in total. The van der Waals surface area contributed by atoms with Crippen LogP contribution in [0.1, 0.15) is 42.7 Å². The lowest BCUT2D eigenvalue weighted by atomic mass is 9.96. The molecule has 5 rings (SSSR count). The molecule has 1 fully saturated rings. The van der Waals surface area contributed by atoms with Crippen LogP contribution in [0.3, 0.4) is 0 Å². The van der Waals surface area contributed by atoms with Crippen LogP contribution in [0.15, 0.2) is 48.5 Å². The third-order valence-electron chi connectivity index (χ3n) is 7.98. The SMILES string of the molecule is C[C@H](CO)N1C[C@H](C)[C@@H](CN(C)C(=O)C2CC2)OCc2ccccc2-c2c(n(C)c3ccccc23)C1=O. The number of amides is 2. The Morgan fingerprint density at radius 1 is 1.16 bits per heavy atom. The highest BCUT2D eigenvalue weighted by atomic mass is 16.5. The highest BCUT2D eigenvalue weighted by molar-refractivity contribution is 6.10. The van der Waals surface area contributed by atoms with Gasteiger partial charge >= 0.3 is 0 Å². The van der Waals surface area contributed by atoms with Crippen molar-refractivity contribution >= 4 is 22.7 Å². The number of likely N-dealkylation sites (N-methyl/N-ethyl adjacent to an activating group) is 1. The van der Waals surface area contributed by atoms with Crippen molar-refractivity contribution < 1.29 is 19.4 Å². The Balaban J connectivity index is 1.63. The fourth-order valence-electron chi connectivity index (χ4n) is 5.53. The molecule has 1 saturated carbocycles. The molecule has 0 unspecified atom stereocenters. The molecule has 0 radical (unpaired) electrons. The Kier molecular flexibility index (Phi) is 7.10. The number of para-hydroxylation sites is 1. The summed E-state index contributed by atoms with van der Waals surface area (Å²) in [6, 6.07) is 15.8. The van der Waals surface area contributed by atoms with Crippen LogP contribution in [-0.2, 0) is 23.2 Å². The van der Waals surface area contributed by atoms with Gasteiger partial charge in [-0.25, -0.2) is 0 Å². The van der Waals surface area contributed by atoms with E-state index in [0.717, 1.165) is 40.4 Å². The number of hydrogen-bond donors (Lipinski definition) is 1. The van der Waals surface area contributed by atoms with Crippen LogP contribution in [0.5, 0.6) is 0 Å². The molecule has 0 bridgehead atoms. The van der Waals surface area contributed by atoms with Crippen molar-refractivity contribution in [2.45, 2.75) is 45.4 Å². The first-order valence-corrected chi connectivity index (χ1v) is 13.3. The van der Waals surface area contributed by atoms with E-state index in [9.17, 15) is 14.7 Å². The molecule has 1 aliphatic heterocycles. The Morgan fingerprint density at radius 2 is 1.86 bits per heavy atom. The minimum Gasteiger partial charge on any atom is -0.394 e. The Labute approximate surface area is 218 Å². The molecule has 37 heavy (non-hydrogen) atoms. The number of aryl methyl sites for hydroxylation is 1. The summed E-state index contributed by atoms with van der Waals surface area (Å²) in [6.45, 7) is 5.05. The predicted molar refractivity (Wildman–Crippen MR) is 144 cm³/mol. The number of rotatable bonds is 5. The Bertz CT molecular complexity index is 1310. The maximum Gasteiger partial charge on any atom is 0.271 e. The molecule has 3 atom stereocenters. The molecule has 0 saturated heterocycles. The van der Waals surface area contributed by atoms with Crippen molar-refractivity contribution in [2.75, 3.05) is 26.7 Å². The second-order valence-electron chi connectivity index (χ2n) is 10.8. The van der Waals surface area contributed by atoms with Crippen molar-refractivity contribution in [3.8, 4) is 11.1 Å². The second kappa shape index (κ2) is 10.3. The fourth-order valence-corrected chi connectivity index (χ4v) is 5.53. The van der Waals surface area contributed by atoms with Gasteiger partial charge in [0.05, 0.1) is 25.4 Å². The fraction of sp³-hybridized carbons (Fsp3) is 0.467. The van der Waals surface area contributed by atoms with E-state index in [1.165, 1.54) is 0 Å². The molecule has 7 heteroatoms. The number of benzene rings is 2. The molecule has 2 amide bonds. The van der Waals surface area contributed by atoms with Crippen LogP contribution in [0, 0.1) is 11.8 Å². The topological polar surface area (TPSA) is 75.0 Å². The van der Waals surface area contributed by atoms with E-state index >= 15 is 0 Å². The number of aliphatic hydroxyl groups excluding tert-OH is 1. The van der Waals surface area contributed by atoms with Crippen molar-refractivity contribution in [1.29, 1.82) is 0 Å². The minimum atomic E-state index is -0.372. The molecule has 7 nitrogen and oxygen atoms in total. The predicted octanol–water partition coefficient (Wildman–Crippen LogP) is 4.07. The molecule has 1 aromatic heterocycles. The lowest BCUT2D eigenvalue weighted by molar-refractivity contribution is -0.134. The highest BCUT2D eigenvalue weighted by Crippen LogP contribution is 2.38. The van der Waals surface area contributed by atoms with E-state index < -0.39 is 0 Å². The van der Waals surface area contributed by atoms with Gasteiger partial charge in [-0.15, -0.1) is 0 Å². The van der Waals surface area contributed by atoms with Crippen LogP contribution in [0.25, 0.3) is 22.0 Å². The summed E-state index contributed by atoms with van der Waals surface area (Å²) in [5, 5.41) is 11.1. The lowest BCUT2D eigenvalue weighted by Crippen LogP contribution is -2.48. The Hall–Kier alpha value is -3.16. The summed E-state index contributed by atoms with van der Waals surface area (Å²) in [6.07, 6.45) is 1.65. The van der Waals surface area contributed by atoms with Gasteiger partial charge in [0.1, 0.15) is 5.69 Å². The van der Waals surface area contributed by atoms with Crippen LogP contribution in [0.2, 0.25) is 0 Å². The van der Waals surface area contributed by atoms with Crippen LogP contribution in [-0.4, -0.2) is 70.2 Å². The van der Waals surface area contributed by atoms with E-state index in [1.54, 1.807) is 9.80 Å². The summed E-state index contributed by atoms with van der Waals surface area (Å²) in [5.74, 6) is 0.135. The van der Waals surface area contributed by atoms with E-state index in [4.69, 9.17) is 4.74 Å². The largest absolute Gasteiger partial charge is 0.394 e. The summed E-state index contributed by atoms with van der Waals surface area (Å²) in [7, 11) is 3.78. The maximum absolute atomic E-state index is 14.3. The van der Waals surface area contributed by atoms with Gasteiger partial charge in [0, 0.05) is 55.5 Å². The molecule has 2 aliphatic rings. The summed E-state index contributed by atoms with van der Waals surface area (Å²) in [4.78, 5) is 30.6. The number of ether oxygens (including phenoxy) is 1. The quantitative estimate of drug-likeness (QED) is 0.570. The first-order chi connectivity index (χ1) is 17.8. The van der Waals surface area contributed by atoms with E-state index in [0.29, 0.717) is 25.4 Å². The molecule has 1 aliphatic carbocycles. The summed E-state index contributed by atoms with van der Waals surface area (Å²) < 4.78 is 8.54. The third kappa shape index (κ3) is 4.78. The average molecular weight is 504 g/mol. The second-order valence-corrected chi connectivity index (χ2v) is 10.8. The van der Waals surface area contributed by atoms with Gasteiger partial charge < -0.3 is 24.2 Å². The number of aromatic nitrogens is 1. The molecule has 2 aromatic carbocycles.